The largest absolute Gasteiger partial charge is 0.325 e. The third-order valence-electron chi connectivity index (χ3n) is 3.42. The minimum absolute atomic E-state index is 0.0328. The Hall–Kier alpha value is -1.00. The fraction of sp³-hybridized carbons (Fsp3) is 0.529. The quantitative estimate of drug-likeness (QED) is 0.682. The van der Waals surface area contributed by atoms with Gasteiger partial charge in [0, 0.05) is 12.3 Å². The lowest BCUT2D eigenvalue weighted by Gasteiger charge is -2.12. The van der Waals surface area contributed by atoms with E-state index in [0.29, 0.717) is 17.1 Å². The van der Waals surface area contributed by atoms with Gasteiger partial charge in [-0.05, 0) is 37.1 Å². The molecule has 0 bridgehead atoms. The number of aryl methyl sites for hydroxylation is 1. The van der Waals surface area contributed by atoms with Crippen LogP contribution in [0.1, 0.15) is 45.1 Å². The predicted octanol–water partition coefficient (Wildman–Crippen LogP) is 4.93. The highest BCUT2D eigenvalue weighted by Gasteiger charge is 2.11. The topological polar surface area (TPSA) is 46.2 Å². The van der Waals surface area contributed by atoms with Crippen LogP contribution in [0.15, 0.2) is 18.2 Å². The van der Waals surface area contributed by atoms with Crippen molar-refractivity contribution in [3.8, 4) is 0 Å². The van der Waals surface area contributed by atoms with Gasteiger partial charge in [0.2, 0.25) is 5.91 Å². The number of carbonyl (C=O) groups excluding carboxylic acids is 2. The molecule has 1 rings (SSSR count). The SMILES string of the molecule is CSC(=O)CCCCCc1cccc(NC(=O)C(C)C)c1Cl. The van der Waals surface area contributed by atoms with E-state index in [9.17, 15) is 9.59 Å². The number of benzene rings is 1. The Bertz CT molecular complexity index is 517. The van der Waals surface area contributed by atoms with Crippen molar-refractivity contribution in [3.63, 3.8) is 0 Å². The predicted molar refractivity (Wildman–Crippen MR) is 95.6 cm³/mol. The average molecular weight is 342 g/mol. The van der Waals surface area contributed by atoms with Gasteiger partial charge < -0.3 is 5.32 Å². The van der Waals surface area contributed by atoms with Crippen molar-refractivity contribution in [2.45, 2.75) is 46.0 Å². The van der Waals surface area contributed by atoms with Crippen LogP contribution in [0, 0.1) is 5.92 Å². The van der Waals surface area contributed by atoms with Gasteiger partial charge in [0.15, 0.2) is 5.12 Å². The van der Waals surface area contributed by atoms with E-state index in [1.807, 2.05) is 38.3 Å². The van der Waals surface area contributed by atoms with Crippen molar-refractivity contribution in [3.05, 3.63) is 28.8 Å². The first-order valence-corrected chi connectivity index (χ1v) is 9.21. The van der Waals surface area contributed by atoms with Gasteiger partial charge in [-0.1, -0.05) is 55.8 Å². The van der Waals surface area contributed by atoms with Gasteiger partial charge in [0.1, 0.15) is 0 Å². The summed E-state index contributed by atoms with van der Waals surface area (Å²) in [6.45, 7) is 3.70. The third-order valence-corrected chi connectivity index (χ3v) is 4.52. The van der Waals surface area contributed by atoms with Gasteiger partial charge in [-0.25, -0.2) is 0 Å². The van der Waals surface area contributed by atoms with Crippen molar-refractivity contribution in [1.29, 1.82) is 0 Å². The van der Waals surface area contributed by atoms with E-state index < -0.39 is 0 Å². The fourth-order valence-electron chi connectivity index (χ4n) is 2.01. The zero-order valence-electron chi connectivity index (χ0n) is 13.4. The molecule has 0 saturated carbocycles. The number of nitrogens with one attached hydrogen (secondary N) is 1. The first-order valence-electron chi connectivity index (χ1n) is 7.60. The Morgan fingerprint density at radius 2 is 1.95 bits per heavy atom. The van der Waals surface area contributed by atoms with Crippen LogP contribution in [0.5, 0.6) is 0 Å². The minimum Gasteiger partial charge on any atom is -0.325 e. The van der Waals surface area contributed by atoms with Gasteiger partial charge >= 0.3 is 0 Å². The van der Waals surface area contributed by atoms with Crippen LogP contribution in [-0.2, 0) is 16.0 Å². The number of unbranched alkanes of at least 4 members (excludes halogenated alkanes) is 2. The molecule has 0 unspecified atom stereocenters. The Morgan fingerprint density at radius 3 is 2.59 bits per heavy atom. The highest BCUT2D eigenvalue weighted by molar-refractivity contribution is 8.13. The fourth-order valence-corrected chi connectivity index (χ4v) is 2.63. The number of hydrogen-bond acceptors (Lipinski definition) is 3. The van der Waals surface area contributed by atoms with Gasteiger partial charge in [0.05, 0.1) is 10.7 Å². The molecule has 0 aliphatic rings. The summed E-state index contributed by atoms with van der Waals surface area (Å²) in [5, 5.41) is 3.72. The standard InChI is InChI=1S/C17H24ClNO2S/c1-12(2)17(21)19-14-10-7-9-13(16(14)18)8-5-4-6-11-15(20)22-3/h7,9-10,12H,4-6,8,11H2,1-3H3,(H,19,21). The van der Waals surface area contributed by atoms with Crippen LogP contribution in [0.3, 0.4) is 0 Å². The number of anilines is 1. The van der Waals surface area contributed by atoms with Gasteiger partial charge in [0.25, 0.3) is 0 Å². The molecule has 5 heteroatoms. The van der Waals surface area contributed by atoms with Gasteiger partial charge in [-0.15, -0.1) is 0 Å². The van der Waals surface area contributed by atoms with Crippen molar-refractivity contribution < 1.29 is 9.59 Å². The summed E-state index contributed by atoms with van der Waals surface area (Å²) in [6, 6.07) is 5.72. The Kier molecular flexibility index (Phi) is 8.57. The molecule has 3 nitrogen and oxygen atoms in total. The molecule has 1 amide bonds. The maximum Gasteiger partial charge on any atom is 0.226 e. The summed E-state index contributed by atoms with van der Waals surface area (Å²) < 4.78 is 0. The average Bonchev–Trinajstić information content (AvgIpc) is 2.49. The molecule has 0 aliphatic heterocycles. The normalized spacial score (nSPS) is 10.8. The highest BCUT2D eigenvalue weighted by atomic mass is 35.5. The minimum atomic E-state index is -0.0753. The molecule has 0 radical (unpaired) electrons. The zero-order chi connectivity index (χ0) is 16.5. The Balaban J connectivity index is 2.51. The smallest absolute Gasteiger partial charge is 0.226 e. The summed E-state index contributed by atoms with van der Waals surface area (Å²) in [7, 11) is 0. The number of carbonyl (C=O) groups is 2. The van der Waals surface area contributed by atoms with E-state index in [-0.39, 0.29) is 16.9 Å². The molecule has 22 heavy (non-hydrogen) atoms. The molecule has 122 valence electrons. The lowest BCUT2D eigenvalue weighted by atomic mass is 10.1. The number of amides is 1. The molecule has 0 spiro atoms. The lowest BCUT2D eigenvalue weighted by molar-refractivity contribution is -0.119. The maximum atomic E-state index is 11.8. The maximum absolute atomic E-state index is 11.8. The number of thioether (sulfide) groups is 1. The molecule has 0 atom stereocenters. The first-order chi connectivity index (χ1) is 10.5. The van der Waals surface area contributed by atoms with Gasteiger partial charge in [-0.3, -0.25) is 9.59 Å². The molecule has 1 N–H and O–H groups in total. The number of rotatable bonds is 8. The molecule has 1 aromatic carbocycles. The van der Waals surface area contributed by atoms with Crippen LogP contribution in [0.4, 0.5) is 5.69 Å². The highest BCUT2D eigenvalue weighted by Crippen LogP contribution is 2.27. The van der Waals surface area contributed by atoms with Crippen LogP contribution in [0.25, 0.3) is 0 Å². The Labute approximate surface area is 142 Å². The zero-order valence-corrected chi connectivity index (χ0v) is 15.0. The summed E-state index contributed by atoms with van der Waals surface area (Å²) in [4.78, 5) is 23.0. The molecule has 0 aliphatic carbocycles. The summed E-state index contributed by atoms with van der Waals surface area (Å²) in [5.74, 6) is -0.108. The Morgan fingerprint density at radius 1 is 1.23 bits per heavy atom. The van der Waals surface area contributed by atoms with E-state index in [2.05, 4.69) is 5.32 Å². The summed E-state index contributed by atoms with van der Waals surface area (Å²) in [6.07, 6.45) is 6.23. The van der Waals surface area contributed by atoms with Crippen molar-refractivity contribution in [2.75, 3.05) is 11.6 Å². The van der Waals surface area contributed by atoms with E-state index in [1.54, 1.807) is 0 Å². The molecular weight excluding hydrogens is 318 g/mol. The van der Waals surface area contributed by atoms with E-state index in [1.165, 1.54) is 11.8 Å². The van der Waals surface area contributed by atoms with Gasteiger partial charge in [-0.2, -0.15) is 0 Å². The molecular formula is C17H24ClNO2S. The summed E-state index contributed by atoms with van der Waals surface area (Å²) in [5.41, 5.74) is 1.72. The first kappa shape index (κ1) is 19.0. The van der Waals surface area contributed by atoms with Crippen LogP contribution < -0.4 is 5.32 Å². The number of halogens is 1. The molecule has 1 aromatic rings. The van der Waals surface area contributed by atoms with Crippen LogP contribution in [0.2, 0.25) is 5.02 Å². The lowest BCUT2D eigenvalue weighted by Crippen LogP contribution is -2.18. The second-order valence-corrected chi connectivity index (χ2v) is 6.80. The molecule has 0 heterocycles. The van der Waals surface area contributed by atoms with E-state index in [0.717, 1.165) is 31.2 Å². The summed E-state index contributed by atoms with van der Waals surface area (Å²) >= 11 is 7.66. The van der Waals surface area contributed by atoms with Crippen LogP contribution >= 0.6 is 23.4 Å². The molecule has 0 saturated heterocycles. The second kappa shape index (κ2) is 9.90. The van der Waals surface area contributed by atoms with Crippen molar-refractivity contribution >= 4 is 40.1 Å². The van der Waals surface area contributed by atoms with E-state index >= 15 is 0 Å². The van der Waals surface area contributed by atoms with E-state index in [4.69, 9.17) is 11.6 Å². The third kappa shape index (κ3) is 6.41. The van der Waals surface area contributed by atoms with Crippen LogP contribution in [-0.4, -0.2) is 17.3 Å². The molecule has 0 fully saturated rings. The van der Waals surface area contributed by atoms with Crippen molar-refractivity contribution in [1.82, 2.24) is 0 Å². The molecule has 0 aromatic heterocycles. The second-order valence-electron chi connectivity index (χ2n) is 5.56. The number of hydrogen-bond donors (Lipinski definition) is 1. The monoisotopic (exact) mass is 341 g/mol. The van der Waals surface area contributed by atoms with Crippen molar-refractivity contribution in [2.24, 2.45) is 5.92 Å².